The van der Waals surface area contributed by atoms with Crippen LogP contribution >= 0.6 is 0 Å². The molecule has 0 aromatic heterocycles. The predicted octanol–water partition coefficient (Wildman–Crippen LogP) is 0.00220. The summed E-state index contributed by atoms with van der Waals surface area (Å²) in [7, 11) is 1.59. The molecule has 4 N–H and O–H groups in total. The van der Waals surface area contributed by atoms with Crippen LogP contribution in [0.2, 0.25) is 0 Å². The second-order valence-corrected chi connectivity index (χ2v) is 4.76. The third kappa shape index (κ3) is 5.70. The van der Waals surface area contributed by atoms with Gasteiger partial charge in [-0.25, -0.2) is 0 Å². The van der Waals surface area contributed by atoms with E-state index < -0.39 is 5.41 Å². The van der Waals surface area contributed by atoms with Gasteiger partial charge in [-0.3, -0.25) is 9.59 Å². The van der Waals surface area contributed by atoms with Gasteiger partial charge in [0.15, 0.2) is 0 Å². The van der Waals surface area contributed by atoms with Gasteiger partial charge >= 0.3 is 0 Å². The molecule has 0 aliphatic carbocycles. The number of carbonyl (C=O) groups is 2. The molecular formula is C11H23N3O2. The van der Waals surface area contributed by atoms with Gasteiger partial charge in [0, 0.05) is 26.1 Å². The average Bonchev–Trinajstić information content (AvgIpc) is 2.22. The van der Waals surface area contributed by atoms with E-state index in [4.69, 9.17) is 5.73 Å². The lowest BCUT2D eigenvalue weighted by atomic mass is 9.92. The highest BCUT2D eigenvalue weighted by Crippen LogP contribution is 2.13. The summed E-state index contributed by atoms with van der Waals surface area (Å²) in [6.45, 7) is 5.78. The maximum Gasteiger partial charge on any atom is 0.227 e. The first-order valence-corrected chi connectivity index (χ1v) is 5.54. The van der Waals surface area contributed by atoms with Gasteiger partial charge in [0.05, 0.1) is 5.41 Å². The Labute approximate surface area is 97.2 Å². The Hall–Kier alpha value is -1.10. The van der Waals surface area contributed by atoms with Crippen LogP contribution in [-0.2, 0) is 9.59 Å². The summed E-state index contributed by atoms with van der Waals surface area (Å²) in [5, 5.41) is 5.31. The van der Waals surface area contributed by atoms with E-state index in [2.05, 4.69) is 10.6 Å². The van der Waals surface area contributed by atoms with Crippen molar-refractivity contribution in [2.75, 3.05) is 13.6 Å². The summed E-state index contributed by atoms with van der Waals surface area (Å²) in [4.78, 5) is 22.8. The minimum atomic E-state index is -0.585. The van der Waals surface area contributed by atoms with Gasteiger partial charge in [-0.05, 0) is 27.2 Å². The monoisotopic (exact) mass is 229 g/mol. The molecule has 0 rings (SSSR count). The fourth-order valence-corrected chi connectivity index (χ4v) is 1.19. The van der Waals surface area contributed by atoms with Crippen molar-refractivity contribution in [3.8, 4) is 0 Å². The molecule has 0 spiro atoms. The van der Waals surface area contributed by atoms with E-state index in [1.165, 1.54) is 0 Å². The smallest absolute Gasteiger partial charge is 0.227 e. The van der Waals surface area contributed by atoms with Crippen molar-refractivity contribution in [1.29, 1.82) is 0 Å². The number of hydrogen-bond acceptors (Lipinski definition) is 3. The highest BCUT2D eigenvalue weighted by Gasteiger charge is 2.26. The van der Waals surface area contributed by atoms with Crippen LogP contribution in [0.3, 0.4) is 0 Å². The topological polar surface area (TPSA) is 84.2 Å². The standard InChI is InChI=1S/C11H23N3O2/c1-8(12)5-6-9(15)14-7-11(2,3)10(16)13-4/h8H,5-7,12H2,1-4H3,(H,13,16)(H,14,15). The maximum atomic E-state index is 11.4. The number of nitrogens with one attached hydrogen (secondary N) is 2. The quantitative estimate of drug-likeness (QED) is 0.599. The van der Waals surface area contributed by atoms with Gasteiger partial charge in [0.2, 0.25) is 11.8 Å². The van der Waals surface area contributed by atoms with Gasteiger partial charge in [-0.15, -0.1) is 0 Å². The molecule has 0 aromatic rings. The van der Waals surface area contributed by atoms with Crippen LogP contribution in [0, 0.1) is 5.41 Å². The van der Waals surface area contributed by atoms with Crippen molar-refractivity contribution >= 4 is 11.8 Å². The predicted molar refractivity (Wildman–Crippen MR) is 63.7 cm³/mol. The van der Waals surface area contributed by atoms with E-state index in [1.54, 1.807) is 20.9 Å². The van der Waals surface area contributed by atoms with Crippen LogP contribution in [0.1, 0.15) is 33.6 Å². The molecule has 0 radical (unpaired) electrons. The molecule has 1 atom stereocenters. The zero-order chi connectivity index (χ0) is 12.8. The Bertz CT molecular complexity index is 250. The SMILES string of the molecule is CNC(=O)C(C)(C)CNC(=O)CCC(C)N. The van der Waals surface area contributed by atoms with Gasteiger partial charge < -0.3 is 16.4 Å². The summed E-state index contributed by atoms with van der Waals surface area (Å²) in [5.41, 5.74) is 4.96. The van der Waals surface area contributed by atoms with E-state index in [0.29, 0.717) is 19.4 Å². The third-order valence-corrected chi connectivity index (χ3v) is 2.40. The van der Waals surface area contributed by atoms with Crippen molar-refractivity contribution in [2.45, 2.75) is 39.7 Å². The molecule has 0 aliphatic heterocycles. The number of rotatable bonds is 6. The molecule has 0 fully saturated rings. The molecule has 0 bridgehead atoms. The Kier molecular flexibility index (Phi) is 6.03. The van der Waals surface area contributed by atoms with Crippen LogP contribution in [0.4, 0.5) is 0 Å². The summed E-state index contributed by atoms with van der Waals surface area (Å²) in [6, 6.07) is 0.0256. The summed E-state index contributed by atoms with van der Waals surface area (Å²) in [6.07, 6.45) is 1.06. The average molecular weight is 229 g/mol. The Balaban J connectivity index is 3.95. The molecule has 2 amide bonds. The van der Waals surface area contributed by atoms with Crippen molar-refractivity contribution in [3.63, 3.8) is 0 Å². The van der Waals surface area contributed by atoms with Crippen LogP contribution < -0.4 is 16.4 Å². The van der Waals surface area contributed by atoms with Crippen LogP contribution in [-0.4, -0.2) is 31.4 Å². The molecule has 5 nitrogen and oxygen atoms in total. The largest absolute Gasteiger partial charge is 0.359 e. The molecule has 94 valence electrons. The van der Waals surface area contributed by atoms with Gasteiger partial charge in [-0.2, -0.15) is 0 Å². The van der Waals surface area contributed by atoms with Gasteiger partial charge in [0.25, 0.3) is 0 Å². The van der Waals surface area contributed by atoms with Crippen LogP contribution in [0.25, 0.3) is 0 Å². The Morgan fingerprint density at radius 1 is 1.38 bits per heavy atom. The van der Waals surface area contributed by atoms with E-state index in [1.807, 2.05) is 6.92 Å². The lowest BCUT2D eigenvalue weighted by Crippen LogP contribution is -2.43. The summed E-state index contributed by atoms with van der Waals surface area (Å²) >= 11 is 0. The van der Waals surface area contributed by atoms with Gasteiger partial charge in [0.1, 0.15) is 0 Å². The first-order valence-electron chi connectivity index (χ1n) is 5.54. The first kappa shape index (κ1) is 14.9. The fourth-order valence-electron chi connectivity index (χ4n) is 1.19. The number of hydrogen-bond donors (Lipinski definition) is 3. The van der Waals surface area contributed by atoms with E-state index in [-0.39, 0.29) is 17.9 Å². The zero-order valence-corrected chi connectivity index (χ0v) is 10.6. The third-order valence-electron chi connectivity index (χ3n) is 2.40. The normalized spacial score (nSPS) is 13.1. The van der Waals surface area contributed by atoms with E-state index in [0.717, 1.165) is 0 Å². The number of amides is 2. The number of nitrogens with two attached hydrogens (primary N) is 1. The minimum absolute atomic E-state index is 0.0256. The van der Waals surface area contributed by atoms with Crippen LogP contribution in [0.5, 0.6) is 0 Å². The van der Waals surface area contributed by atoms with Crippen molar-refractivity contribution in [3.05, 3.63) is 0 Å². The Morgan fingerprint density at radius 2 is 1.94 bits per heavy atom. The molecule has 0 heterocycles. The van der Waals surface area contributed by atoms with Crippen molar-refractivity contribution in [1.82, 2.24) is 10.6 Å². The molecular weight excluding hydrogens is 206 g/mol. The molecule has 16 heavy (non-hydrogen) atoms. The van der Waals surface area contributed by atoms with E-state index >= 15 is 0 Å². The second-order valence-electron chi connectivity index (χ2n) is 4.76. The number of carbonyl (C=O) groups excluding carboxylic acids is 2. The maximum absolute atomic E-state index is 11.4. The van der Waals surface area contributed by atoms with Crippen molar-refractivity contribution in [2.24, 2.45) is 11.1 Å². The second kappa shape index (κ2) is 6.48. The highest BCUT2D eigenvalue weighted by atomic mass is 16.2. The van der Waals surface area contributed by atoms with Crippen molar-refractivity contribution < 1.29 is 9.59 Å². The molecule has 5 heteroatoms. The molecule has 0 saturated heterocycles. The highest BCUT2D eigenvalue weighted by molar-refractivity contribution is 5.83. The summed E-state index contributed by atoms with van der Waals surface area (Å²) in [5.74, 6) is -0.144. The fraction of sp³-hybridized carbons (Fsp3) is 0.818. The zero-order valence-electron chi connectivity index (χ0n) is 10.6. The first-order chi connectivity index (χ1) is 7.29. The molecule has 0 aromatic carbocycles. The van der Waals surface area contributed by atoms with Crippen LogP contribution in [0.15, 0.2) is 0 Å². The van der Waals surface area contributed by atoms with Gasteiger partial charge in [-0.1, -0.05) is 0 Å². The Morgan fingerprint density at radius 3 is 2.38 bits per heavy atom. The molecule has 0 saturated carbocycles. The van der Waals surface area contributed by atoms with E-state index in [9.17, 15) is 9.59 Å². The lowest BCUT2D eigenvalue weighted by molar-refractivity contribution is -0.129. The molecule has 1 unspecified atom stereocenters. The lowest BCUT2D eigenvalue weighted by Gasteiger charge is -2.22. The summed E-state index contributed by atoms with van der Waals surface area (Å²) < 4.78 is 0. The minimum Gasteiger partial charge on any atom is -0.359 e. The molecule has 0 aliphatic rings.